The van der Waals surface area contributed by atoms with Crippen LogP contribution in [0.25, 0.3) is 0 Å². The van der Waals surface area contributed by atoms with Gasteiger partial charge < -0.3 is 49.5 Å². The first-order valence-corrected chi connectivity index (χ1v) is 23.0. The van der Waals surface area contributed by atoms with Crippen LogP contribution in [-0.2, 0) is 37.1 Å². The van der Waals surface area contributed by atoms with Crippen LogP contribution in [0.4, 0.5) is 0 Å². The summed E-state index contributed by atoms with van der Waals surface area (Å²) in [5.74, 6) is 0. The molecule has 0 amide bonds. The third kappa shape index (κ3) is 92.1. The molecule has 0 saturated carbocycles. The minimum Gasteiger partial charge on any atom is -0.395 e. The van der Waals surface area contributed by atoms with Gasteiger partial charge in [0.25, 0.3) is 0 Å². The molecule has 60 heavy (non-hydrogen) atoms. The van der Waals surface area contributed by atoms with Gasteiger partial charge in [-0.1, -0.05) is 61.8 Å². The molecule has 4 N–H and O–H groups in total. The Morgan fingerprint density at radius 2 is 1.22 bits per heavy atom. The van der Waals surface area contributed by atoms with Crippen molar-refractivity contribution in [2.75, 3.05) is 87.5 Å². The molecular weight excluding hydrogens is 783 g/mol. The predicted molar refractivity (Wildman–Crippen MR) is 260 cm³/mol. The number of hydrogen-bond donors (Lipinski definition) is 4. The number of imidazole rings is 1. The van der Waals surface area contributed by atoms with E-state index in [0.717, 1.165) is 52.6 Å². The number of aromatic nitrogens is 2. The fraction of sp³-hybridized carbons (Fsp3) is 0.933. The zero-order valence-corrected chi connectivity index (χ0v) is 44.2. The smallest absolute Gasteiger partial charge is 0.335 e. The van der Waals surface area contributed by atoms with Crippen molar-refractivity contribution in [2.45, 2.75) is 193 Å². The van der Waals surface area contributed by atoms with E-state index >= 15 is 0 Å². The lowest BCUT2D eigenvalue weighted by atomic mass is 10.3. The van der Waals surface area contributed by atoms with E-state index < -0.39 is 11.6 Å². The zero-order valence-electron chi connectivity index (χ0n) is 43.4. The number of ether oxygens (including phenoxy) is 4. The van der Waals surface area contributed by atoms with Gasteiger partial charge >= 0.3 is 11.6 Å². The number of nitrogens with one attached hydrogen (secondary N) is 3. The number of unbranched alkanes of at least 4 members (excludes halogenated alkanes) is 1. The van der Waals surface area contributed by atoms with E-state index in [1.807, 2.05) is 45.5 Å². The normalized spacial score (nSPS) is 11.9. The van der Waals surface area contributed by atoms with Crippen molar-refractivity contribution in [3.63, 3.8) is 0 Å². The number of methoxy groups -OCH3 is 1. The molecule has 1 aromatic heterocycles. The third-order valence-electron chi connectivity index (χ3n) is 7.44. The van der Waals surface area contributed by atoms with E-state index in [1.165, 1.54) is 12.8 Å². The Bertz CT molecular complexity index is 869. The number of nitrogens with zero attached hydrogens (tertiary/aromatic N) is 4. The number of aliphatic hydroxyl groups is 1. The number of hydrogen-bond acceptors (Lipinski definition) is 13. The van der Waals surface area contributed by atoms with Crippen molar-refractivity contribution in [1.82, 2.24) is 35.3 Å². The predicted octanol–water partition coefficient (Wildman–Crippen LogP) is 7.17. The number of morpholine rings is 1. The van der Waals surface area contributed by atoms with Gasteiger partial charge in [0.1, 0.15) is 0 Å². The van der Waals surface area contributed by atoms with Crippen LogP contribution >= 0.6 is 0 Å². The minimum absolute atomic E-state index is 0.234. The molecule has 1 aliphatic heterocycles. The Kier molecular flexibility index (Phi) is 72.7. The highest BCUT2D eigenvalue weighted by molar-refractivity contribution is 7.51. The van der Waals surface area contributed by atoms with Gasteiger partial charge in [0, 0.05) is 82.5 Å². The SMILES string of the molecule is CC(C)N(C)C.CC(C)N1CCOCC1.CC(C)NCCO.CC(C)OCCn1ccnc1.CCCCOC(C)C.CCNC(C)C.CNC(C)C.COC(C)C.O=S=O. The summed E-state index contributed by atoms with van der Waals surface area (Å²) in [5, 5.41) is 17.5. The summed E-state index contributed by atoms with van der Waals surface area (Å²) in [4.78, 5) is 8.53. The zero-order chi connectivity index (χ0) is 48.3. The van der Waals surface area contributed by atoms with Crippen LogP contribution in [0.5, 0.6) is 0 Å². The molecule has 1 fully saturated rings. The van der Waals surface area contributed by atoms with E-state index in [1.54, 1.807) is 19.6 Å². The lowest BCUT2D eigenvalue weighted by Gasteiger charge is -2.29. The van der Waals surface area contributed by atoms with Gasteiger partial charge in [-0.15, -0.1) is 0 Å². The second-order valence-corrected chi connectivity index (χ2v) is 16.3. The van der Waals surface area contributed by atoms with E-state index in [0.29, 0.717) is 55.1 Å². The summed E-state index contributed by atoms with van der Waals surface area (Å²) in [6.45, 7) is 46.5. The van der Waals surface area contributed by atoms with Gasteiger partial charge in [-0.3, -0.25) is 4.90 Å². The minimum atomic E-state index is -0.750. The van der Waals surface area contributed by atoms with Crippen molar-refractivity contribution in [3.8, 4) is 0 Å². The fourth-order valence-electron chi connectivity index (χ4n) is 3.13. The maximum absolute atomic E-state index is 8.29. The van der Waals surface area contributed by atoms with Gasteiger partial charge in [-0.2, -0.15) is 8.42 Å². The molecule has 0 aliphatic carbocycles. The fourth-order valence-corrected chi connectivity index (χ4v) is 3.13. The molecule has 2 heterocycles. The second-order valence-electron chi connectivity index (χ2n) is 16.1. The monoisotopic (exact) mass is 888 g/mol. The molecule has 0 aromatic carbocycles. The van der Waals surface area contributed by atoms with Gasteiger partial charge in [-0.05, 0) is 103 Å². The largest absolute Gasteiger partial charge is 0.395 e. The molecule has 14 nitrogen and oxygen atoms in total. The first-order chi connectivity index (χ1) is 28.0. The summed E-state index contributed by atoms with van der Waals surface area (Å²) in [6.07, 6.45) is 9.03. The van der Waals surface area contributed by atoms with Gasteiger partial charge in [0.05, 0.1) is 51.1 Å². The average Bonchev–Trinajstić information content (AvgIpc) is 3.70. The highest BCUT2D eigenvalue weighted by Gasteiger charge is 2.12. The quantitative estimate of drug-likeness (QED) is 0.117. The van der Waals surface area contributed by atoms with Gasteiger partial charge in [-0.25, -0.2) is 4.98 Å². The van der Waals surface area contributed by atoms with E-state index in [2.05, 4.69) is 142 Å². The van der Waals surface area contributed by atoms with Crippen LogP contribution in [0.2, 0.25) is 0 Å². The van der Waals surface area contributed by atoms with Crippen LogP contribution in [0, 0.1) is 0 Å². The summed E-state index contributed by atoms with van der Waals surface area (Å²) >= 11 is -0.750. The second kappa shape index (κ2) is 59.7. The first kappa shape index (κ1) is 73.0. The maximum atomic E-state index is 8.29. The third-order valence-corrected chi connectivity index (χ3v) is 7.44. The molecule has 1 aromatic rings. The molecule has 0 spiro atoms. The van der Waals surface area contributed by atoms with E-state index in [4.69, 9.17) is 32.5 Å². The van der Waals surface area contributed by atoms with E-state index in [9.17, 15) is 0 Å². The molecule has 1 saturated heterocycles. The van der Waals surface area contributed by atoms with Crippen molar-refractivity contribution in [3.05, 3.63) is 18.7 Å². The molecule has 2 rings (SSSR count). The lowest BCUT2D eigenvalue weighted by molar-refractivity contribution is 0.0238. The summed E-state index contributed by atoms with van der Waals surface area (Å²) in [5.41, 5.74) is 0. The summed E-state index contributed by atoms with van der Waals surface area (Å²) < 4.78 is 39.2. The Morgan fingerprint density at radius 1 is 0.783 bits per heavy atom. The van der Waals surface area contributed by atoms with Crippen molar-refractivity contribution in [1.29, 1.82) is 0 Å². The van der Waals surface area contributed by atoms with Crippen molar-refractivity contribution < 1.29 is 32.5 Å². The highest BCUT2D eigenvalue weighted by Crippen LogP contribution is 2.01. The topological polar surface area (TPSA) is 152 Å². The lowest BCUT2D eigenvalue weighted by Crippen LogP contribution is -2.40. The van der Waals surface area contributed by atoms with Gasteiger partial charge in [0.2, 0.25) is 0 Å². The van der Waals surface area contributed by atoms with Crippen LogP contribution in [0.15, 0.2) is 18.7 Å². The van der Waals surface area contributed by atoms with Crippen LogP contribution in [-0.4, -0.2) is 169 Å². The molecule has 15 heteroatoms. The molecule has 0 unspecified atom stereocenters. The molecular formula is C45H105N7O7S. The Hall–Kier alpha value is -1.37. The molecule has 368 valence electrons. The van der Waals surface area contributed by atoms with Crippen molar-refractivity contribution >= 4 is 11.6 Å². The maximum Gasteiger partial charge on any atom is 0.335 e. The standard InChI is InChI=1S/C8H14N2O.C7H15NO.C7H16O.C5H13NO.2C5H13N.C4H11N.C4H10O.O2S/c1-8(2)11-6-5-10-4-3-9-7-10;1-7(2)8-3-5-9-6-4-8;1-4-5-6-8-7(2)3;1-5(2)6-3-4-7;1-5(2)6(3)4;1-4-6-5(2)3;2*1-4(2)5-3;1-3-2/h3-4,7-8H,5-6H2,1-2H3;7H,3-6H2,1-2H3;7H,4-6H2,1-3H3;5-7H,3-4H2,1-2H3;5H,1-4H3;5-6H,4H2,1-3H3;4-5H,1-3H3;4H,1-3H3;. The highest BCUT2D eigenvalue weighted by atomic mass is 32.1. The molecule has 0 atom stereocenters. The molecule has 1 aliphatic rings. The van der Waals surface area contributed by atoms with Crippen LogP contribution < -0.4 is 16.0 Å². The first-order valence-electron chi connectivity index (χ1n) is 22.4. The summed E-state index contributed by atoms with van der Waals surface area (Å²) in [7, 11) is 7.80. The molecule has 0 radical (unpaired) electrons. The van der Waals surface area contributed by atoms with Crippen LogP contribution in [0.3, 0.4) is 0 Å². The Labute approximate surface area is 377 Å². The van der Waals surface area contributed by atoms with Crippen LogP contribution in [0.1, 0.15) is 137 Å². The summed E-state index contributed by atoms with van der Waals surface area (Å²) in [6, 6.07) is 3.15. The number of rotatable bonds is 17. The average molecular weight is 888 g/mol. The Balaban J connectivity index is -0.000000108. The van der Waals surface area contributed by atoms with Gasteiger partial charge in [0.15, 0.2) is 0 Å². The van der Waals surface area contributed by atoms with E-state index in [-0.39, 0.29) is 6.61 Å². The molecule has 0 bridgehead atoms. The van der Waals surface area contributed by atoms with Crippen molar-refractivity contribution in [2.24, 2.45) is 0 Å². The number of aliphatic hydroxyl groups excluding tert-OH is 1. The Morgan fingerprint density at radius 3 is 1.43 bits per heavy atom.